The number of hydrogen-bond donors (Lipinski definition) is 3. The number of anilines is 1. The third-order valence-corrected chi connectivity index (χ3v) is 3.14. The van der Waals surface area contributed by atoms with Crippen LogP contribution in [0, 0.1) is 12.3 Å². The number of terminal acetylenes is 1. The largest absolute Gasteiger partial charge is 0.382 e. The molecule has 144 valence electrons. The van der Waals surface area contributed by atoms with E-state index in [0.29, 0.717) is 38.0 Å². The van der Waals surface area contributed by atoms with Crippen molar-refractivity contribution in [3.05, 3.63) is 29.8 Å². The van der Waals surface area contributed by atoms with E-state index in [1.807, 2.05) is 0 Å². The van der Waals surface area contributed by atoms with Gasteiger partial charge in [0.15, 0.2) is 5.96 Å². The van der Waals surface area contributed by atoms with Crippen LogP contribution in [0.15, 0.2) is 29.3 Å². The molecule has 0 bridgehead atoms. The maximum atomic E-state index is 12.0. The number of nitrogens with zero attached hydrogens (tertiary/aromatic N) is 1. The Bertz CT molecular complexity index is 602. The third-order valence-electron chi connectivity index (χ3n) is 3.14. The number of aliphatic imine (C=N–C) groups is 1. The first kappa shape index (κ1) is 24.2. The fourth-order valence-electron chi connectivity index (χ4n) is 1.90. The molecule has 1 aromatic carbocycles. The van der Waals surface area contributed by atoms with Crippen molar-refractivity contribution in [1.29, 1.82) is 0 Å². The van der Waals surface area contributed by atoms with E-state index in [1.54, 1.807) is 38.4 Å². The molecule has 0 heterocycles. The highest BCUT2D eigenvalue weighted by atomic mass is 127. The molecule has 1 rings (SSSR count). The lowest BCUT2D eigenvalue weighted by Crippen LogP contribution is -2.41. The Kier molecular flexibility index (Phi) is 14.3. The van der Waals surface area contributed by atoms with Crippen LogP contribution in [0.3, 0.4) is 0 Å². The zero-order chi connectivity index (χ0) is 18.3. The topological polar surface area (TPSA) is 84.0 Å². The molecule has 8 heteroatoms. The van der Waals surface area contributed by atoms with Crippen LogP contribution in [0.4, 0.5) is 5.69 Å². The highest BCUT2D eigenvalue weighted by Gasteiger charge is 2.04. The van der Waals surface area contributed by atoms with Gasteiger partial charge < -0.3 is 25.4 Å². The summed E-state index contributed by atoms with van der Waals surface area (Å²) in [5.41, 5.74) is 1.38. The van der Waals surface area contributed by atoms with Crippen molar-refractivity contribution in [2.45, 2.75) is 6.42 Å². The summed E-state index contributed by atoms with van der Waals surface area (Å²) >= 11 is 0. The maximum Gasteiger partial charge on any atom is 0.243 e. The van der Waals surface area contributed by atoms with E-state index in [4.69, 9.17) is 15.9 Å². The normalized spacial score (nSPS) is 10.4. The van der Waals surface area contributed by atoms with Crippen LogP contribution < -0.4 is 16.0 Å². The molecule has 0 saturated carbocycles. The van der Waals surface area contributed by atoms with Crippen molar-refractivity contribution in [2.75, 3.05) is 52.4 Å². The Morgan fingerprint density at radius 3 is 2.77 bits per heavy atom. The van der Waals surface area contributed by atoms with Gasteiger partial charge in [-0.25, -0.2) is 0 Å². The Labute approximate surface area is 172 Å². The van der Waals surface area contributed by atoms with Gasteiger partial charge in [-0.15, -0.1) is 30.4 Å². The fourth-order valence-corrected chi connectivity index (χ4v) is 1.90. The molecule has 0 unspecified atom stereocenters. The van der Waals surface area contributed by atoms with E-state index in [0.717, 1.165) is 12.0 Å². The fraction of sp³-hybridized carbons (Fsp3) is 0.444. The SMILES string of the molecule is C#Cc1cccc(NC(=O)CNC(=NC)NCCCOCCOC)c1.I. The predicted molar refractivity (Wildman–Crippen MR) is 115 cm³/mol. The minimum atomic E-state index is -0.181. The van der Waals surface area contributed by atoms with Crippen LogP contribution in [0.25, 0.3) is 0 Å². The van der Waals surface area contributed by atoms with E-state index in [9.17, 15) is 4.79 Å². The molecular weight excluding hydrogens is 447 g/mol. The first-order valence-corrected chi connectivity index (χ1v) is 8.07. The van der Waals surface area contributed by atoms with Crippen LogP contribution in [0.5, 0.6) is 0 Å². The second kappa shape index (κ2) is 15.4. The number of carbonyl (C=O) groups is 1. The Morgan fingerprint density at radius 1 is 1.27 bits per heavy atom. The number of hydrogen-bond acceptors (Lipinski definition) is 4. The number of benzene rings is 1. The summed E-state index contributed by atoms with van der Waals surface area (Å²) in [4.78, 5) is 16.0. The second-order valence-electron chi connectivity index (χ2n) is 5.08. The molecule has 1 aromatic rings. The van der Waals surface area contributed by atoms with Gasteiger partial charge in [0.2, 0.25) is 5.91 Å². The molecule has 26 heavy (non-hydrogen) atoms. The average molecular weight is 474 g/mol. The quantitative estimate of drug-likeness (QED) is 0.157. The van der Waals surface area contributed by atoms with Gasteiger partial charge in [0, 0.05) is 38.6 Å². The summed E-state index contributed by atoms with van der Waals surface area (Å²) < 4.78 is 10.3. The lowest BCUT2D eigenvalue weighted by atomic mass is 10.2. The molecule has 7 nitrogen and oxygen atoms in total. The Balaban J connectivity index is 0.00000625. The van der Waals surface area contributed by atoms with Crippen molar-refractivity contribution in [3.8, 4) is 12.3 Å². The first-order chi connectivity index (χ1) is 12.2. The van der Waals surface area contributed by atoms with Crippen molar-refractivity contribution in [3.63, 3.8) is 0 Å². The van der Waals surface area contributed by atoms with Crippen molar-refractivity contribution >= 4 is 41.5 Å². The van der Waals surface area contributed by atoms with Gasteiger partial charge in [-0.1, -0.05) is 12.0 Å². The summed E-state index contributed by atoms with van der Waals surface area (Å²) in [7, 11) is 3.29. The predicted octanol–water partition coefficient (Wildman–Crippen LogP) is 1.44. The van der Waals surface area contributed by atoms with Crippen LogP contribution in [-0.4, -0.2) is 58.9 Å². The van der Waals surface area contributed by atoms with Gasteiger partial charge >= 0.3 is 0 Å². The molecule has 3 N–H and O–H groups in total. The van der Waals surface area contributed by atoms with E-state index in [-0.39, 0.29) is 36.4 Å². The number of halogens is 1. The Morgan fingerprint density at radius 2 is 2.08 bits per heavy atom. The minimum Gasteiger partial charge on any atom is -0.382 e. The lowest BCUT2D eigenvalue weighted by molar-refractivity contribution is -0.115. The number of methoxy groups -OCH3 is 1. The molecule has 0 saturated heterocycles. The number of carbonyl (C=O) groups excluding carboxylic acids is 1. The maximum absolute atomic E-state index is 12.0. The Hall–Kier alpha value is -1.83. The molecule has 0 aromatic heterocycles. The molecule has 0 radical (unpaired) electrons. The highest BCUT2D eigenvalue weighted by Crippen LogP contribution is 2.09. The molecule has 0 aliphatic rings. The van der Waals surface area contributed by atoms with E-state index in [2.05, 4.69) is 26.9 Å². The third kappa shape index (κ3) is 10.9. The smallest absolute Gasteiger partial charge is 0.243 e. The second-order valence-corrected chi connectivity index (χ2v) is 5.08. The monoisotopic (exact) mass is 474 g/mol. The number of nitrogens with one attached hydrogen (secondary N) is 3. The first-order valence-electron chi connectivity index (χ1n) is 8.07. The van der Waals surface area contributed by atoms with Crippen LogP contribution >= 0.6 is 24.0 Å². The van der Waals surface area contributed by atoms with E-state index >= 15 is 0 Å². The average Bonchev–Trinajstić information content (AvgIpc) is 2.63. The number of ether oxygens (including phenoxy) is 2. The standard InChI is InChI=1S/C18H26N4O3.HI/c1-4-15-7-5-8-16(13-15)22-17(23)14-21-18(19-2)20-9-6-10-25-12-11-24-3;/h1,5,7-8,13H,6,9-12,14H2,2-3H3,(H,22,23)(H2,19,20,21);1H. The summed E-state index contributed by atoms with van der Waals surface area (Å²) in [6, 6.07) is 7.13. The summed E-state index contributed by atoms with van der Waals surface area (Å²) in [6.45, 7) is 2.61. The van der Waals surface area contributed by atoms with Gasteiger partial charge in [-0.2, -0.15) is 0 Å². The van der Waals surface area contributed by atoms with Crippen LogP contribution in [-0.2, 0) is 14.3 Å². The van der Waals surface area contributed by atoms with Gasteiger partial charge in [-0.3, -0.25) is 9.79 Å². The lowest BCUT2D eigenvalue weighted by Gasteiger charge is -2.12. The molecule has 0 aliphatic carbocycles. The number of rotatable bonds is 10. The van der Waals surface area contributed by atoms with Crippen molar-refractivity contribution in [1.82, 2.24) is 10.6 Å². The summed E-state index contributed by atoms with van der Waals surface area (Å²) in [5, 5.41) is 8.85. The molecular formula is C18H27IN4O3. The number of guanidine groups is 1. The molecule has 1 amide bonds. The van der Waals surface area contributed by atoms with E-state index in [1.165, 1.54) is 0 Å². The van der Waals surface area contributed by atoms with Gasteiger partial charge in [-0.05, 0) is 24.6 Å². The van der Waals surface area contributed by atoms with Crippen molar-refractivity contribution in [2.24, 2.45) is 4.99 Å². The zero-order valence-electron chi connectivity index (χ0n) is 15.2. The minimum absolute atomic E-state index is 0. The zero-order valence-corrected chi connectivity index (χ0v) is 17.5. The summed E-state index contributed by atoms with van der Waals surface area (Å²) in [5.74, 6) is 2.91. The molecule has 0 spiro atoms. The summed E-state index contributed by atoms with van der Waals surface area (Å²) in [6.07, 6.45) is 6.17. The highest BCUT2D eigenvalue weighted by molar-refractivity contribution is 14.0. The van der Waals surface area contributed by atoms with Crippen molar-refractivity contribution < 1.29 is 14.3 Å². The molecule has 0 fully saturated rings. The van der Waals surface area contributed by atoms with Gasteiger partial charge in [0.25, 0.3) is 0 Å². The van der Waals surface area contributed by atoms with Crippen LogP contribution in [0.2, 0.25) is 0 Å². The van der Waals surface area contributed by atoms with E-state index < -0.39 is 0 Å². The van der Waals surface area contributed by atoms with Crippen LogP contribution in [0.1, 0.15) is 12.0 Å². The molecule has 0 aliphatic heterocycles. The molecule has 0 atom stereocenters. The number of amides is 1. The van der Waals surface area contributed by atoms with Gasteiger partial charge in [0.05, 0.1) is 19.8 Å². The van der Waals surface area contributed by atoms with Gasteiger partial charge in [0.1, 0.15) is 0 Å².